The fraction of sp³-hybridized carbons (Fsp3) is 0. The molecule has 0 fully saturated rings. The van der Waals surface area contributed by atoms with Crippen molar-refractivity contribution in [3.8, 4) is 45.5 Å². The van der Waals surface area contributed by atoms with Gasteiger partial charge in [0.05, 0.1) is 27.8 Å². The van der Waals surface area contributed by atoms with Gasteiger partial charge in [-0.1, -0.05) is 127 Å². The molecule has 5 aromatic heterocycles. The van der Waals surface area contributed by atoms with Gasteiger partial charge in [0.15, 0.2) is 23.1 Å². The molecule has 0 aliphatic rings. The Morgan fingerprint density at radius 1 is 0.294 bits per heavy atom. The van der Waals surface area contributed by atoms with E-state index in [2.05, 4.69) is 179 Å². The number of benzene rings is 10. The van der Waals surface area contributed by atoms with Crippen molar-refractivity contribution in [2.24, 2.45) is 0 Å². The van der Waals surface area contributed by atoms with Crippen LogP contribution in [0.3, 0.4) is 0 Å². The summed E-state index contributed by atoms with van der Waals surface area (Å²) in [6, 6.07) is 74.4. The summed E-state index contributed by atoms with van der Waals surface area (Å²) < 4.78 is 17.8. The summed E-state index contributed by atoms with van der Waals surface area (Å²) in [6.45, 7) is 0. The third-order valence-electron chi connectivity index (χ3n) is 13.7. The molecular weight excluding hydrogens is 835 g/mol. The SMILES string of the molecule is c1ccc(-n2c3ccccc3c3ccc(-c4nc(-c5ccc6oc7ccccc7c6c5)nc(-c5cc(-n6c7ccccc7c7cc8ccccc8cc76)c6oc7ccccc7c6c5)n4)cc32)cc1. The molecule has 7 nitrogen and oxygen atoms in total. The van der Waals surface area contributed by atoms with Crippen molar-refractivity contribution in [3.05, 3.63) is 212 Å². The lowest BCUT2D eigenvalue weighted by atomic mass is 10.1. The molecule has 68 heavy (non-hydrogen) atoms. The van der Waals surface area contributed by atoms with Crippen LogP contribution in [0.1, 0.15) is 0 Å². The van der Waals surface area contributed by atoms with Crippen LogP contribution < -0.4 is 0 Å². The highest BCUT2D eigenvalue weighted by atomic mass is 16.3. The van der Waals surface area contributed by atoms with Crippen molar-refractivity contribution >= 4 is 98.3 Å². The Morgan fingerprint density at radius 2 is 0.809 bits per heavy atom. The van der Waals surface area contributed by atoms with Crippen LogP contribution in [-0.2, 0) is 0 Å². The number of fused-ring (bicyclic) bond motifs is 13. The first-order chi connectivity index (χ1) is 33.7. The lowest BCUT2D eigenvalue weighted by molar-refractivity contribution is 0.666. The predicted molar refractivity (Wildman–Crippen MR) is 277 cm³/mol. The molecule has 316 valence electrons. The zero-order valence-corrected chi connectivity index (χ0v) is 36.3. The van der Waals surface area contributed by atoms with Gasteiger partial charge in [-0.2, -0.15) is 0 Å². The predicted octanol–water partition coefficient (Wildman–Crippen LogP) is 16.0. The van der Waals surface area contributed by atoms with Gasteiger partial charge in [0.25, 0.3) is 0 Å². The van der Waals surface area contributed by atoms with Crippen LogP contribution in [0.2, 0.25) is 0 Å². The van der Waals surface area contributed by atoms with Crippen molar-refractivity contribution in [3.63, 3.8) is 0 Å². The Hall–Kier alpha value is -9.33. The summed E-state index contributed by atoms with van der Waals surface area (Å²) in [5, 5.41) is 11.1. The second kappa shape index (κ2) is 14.1. The molecule has 0 aliphatic heterocycles. The molecular formula is C61H35N5O2. The molecule has 0 radical (unpaired) electrons. The van der Waals surface area contributed by atoms with E-state index in [1.807, 2.05) is 42.5 Å². The quantitative estimate of drug-likeness (QED) is 0.172. The monoisotopic (exact) mass is 869 g/mol. The molecule has 0 spiro atoms. The van der Waals surface area contributed by atoms with E-state index in [1.54, 1.807) is 0 Å². The minimum absolute atomic E-state index is 0.547. The van der Waals surface area contributed by atoms with Gasteiger partial charge < -0.3 is 18.0 Å². The molecule has 0 atom stereocenters. The summed E-state index contributed by atoms with van der Waals surface area (Å²) in [5.74, 6) is 1.67. The molecule has 15 rings (SSSR count). The van der Waals surface area contributed by atoms with Gasteiger partial charge in [-0.15, -0.1) is 0 Å². The van der Waals surface area contributed by atoms with Gasteiger partial charge in [-0.3, -0.25) is 0 Å². The van der Waals surface area contributed by atoms with Crippen LogP contribution >= 0.6 is 0 Å². The lowest BCUT2D eigenvalue weighted by Gasteiger charge is -2.13. The third kappa shape index (κ3) is 5.44. The van der Waals surface area contributed by atoms with E-state index in [9.17, 15) is 0 Å². The Balaban J connectivity index is 1.02. The lowest BCUT2D eigenvalue weighted by Crippen LogP contribution is -2.02. The second-order valence-corrected chi connectivity index (χ2v) is 17.6. The van der Waals surface area contributed by atoms with Gasteiger partial charge in [-0.05, 0) is 95.7 Å². The normalized spacial score (nSPS) is 12.1. The molecule has 0 bridgehead atoms. The highest BCUT2D eigenvalue weighted by Gasteiger charge is 2.23. The Kier molecular flexibility index (Phi) is 7.65. The van der Waals surface area contributed by atoms with E-state index in [1.165, 1.54) is 21.5 Å². The first-order valence-electron chi connectivity index (χ1n) is 22.8. The minimum Gasteiger partial charge on any atom is -0.456 e. The highest BCUT2D eigenvalue weighted by molar-refractivity contribution is 6.16. The number of rotatable bonds is 5. The number of aromatic nitrogens is 5. The molecule has 0 saturated heterocycles. The number of hydrogen-bond donors (Lipinski definition) is 0. The number of para-hydroxylation sites is 5. The average Bonchev–Trinajstić information content (AvgIpc) is 4.15. The zero-order chi connectivity index (χ0) is 44.5. The topological polar surface area (TPSA) is 74.8 Å². The van der Waals surface area contributed by atoms with Crippen LogP contribution in [-0.4, -0.2) is 24.1 Å². The Morgan fingerprint density at radius 3 is 1.57 bits per heavy atom. The van der Waals surface area contributed by atoms with Gasteiger partial charge in [0.1, 0.15) is 16.7 Å². The van der Waals surface area contributed by atoms with Gasteiger partial charge >= 0.3 is 0 Å². The molecule has 10 aromatic carbocycles. The van der Waals surface area contributed by atoms with Crippen molar-refractivity contribution in [2.75, 3.05) is 0 Å². The van der Waals surface area contributed by atoms with E-state index in [0.717, 1.165) is 105 Å². The Labute approximate surface area is 387 Å². The maximum atomic E-state index is 6.87. The molecule has 7 heteroatoms. The average molecular weight is 870 g/mol. The van der Waals surface area contributed by atoms with Crippen molar-refractivity contribution in [1.29, 1.82) is 0 Å². The zero-order valence-electron chi connectivity index (χ0n) is 36.3. The summed E-state index contributed by atoms with van der Waals surface area (Å²) in [4.78, 5) is 16.2. The van der Waals surface area contributed by atoms with Crippen molar-refractivity contribution < 1.29 is 8.83 Å². The van der Waals surface area contributed by atoms with Crippen molar-refractivity contribution in [2.45, 2.75) is 0 Å². The molecule has 5 heterocycles. The highest BCUT2D eigenvalue weighted by Crippen LogP contribution is 2.42. The van der Waals surface area contributed by atoms with E-state index in [0.29, 0.717) is 17.5 Å². The molecule has 0 aliphatic carbocycles. The molecule has 0 amide bonds. The maximum absolute atomic E-state index is 6.87. The van der Waals surface area contributed by atoms with Gasteiger partial charge in [-0.25, -0.2) is 15.0 Å². The van der Waals surface area contributed by atoms with Crippen LogP contribution in [0.25, 0.3) is 144 Å². The van der Waals surface area contributed by atoms with Gasteiger partial charge in [0, 0.05) is 65.5 Å². The van der Waals surface area contributed by atoms with E-state index < -0.39 is 0 Å². The first-order valence-corrected chi connectivity index (χ1v) is 22.8. The summed E-state index contributed by atoms with van der Waals surface area (Å²) in [5.41, 5.74) is 12.2. The number of hydrogen-bond acceptors (Lipinski definition) is 5. The van der Waals surface area contributed by atoms with Crippen LogP contribution in [0.15, 0.2) is 221 Å². The van der Waals surface area contributed by atoms with E-state index in [4.69, 9.17) is 23.8 Å². The largest absolute Gasteiger partial charge is 0.456 e. The minimum atomic E-state index is 0.547. The van der Waals surface area contributed by atoms with Crippen molar-refractivity contribution in [1.82, 2.24) is 24.1 Å². The summed E-state index contributed by atoms with van der Waals surface area (Å²) in [6.07, 6.45) is 0. The van der Waals surface area contributed by atoms with Crippen LogP contribution in [0.4, 0.5) is 0 Å². The molecule has 0 unspecified atom stereocenters. The Bertz CT molecular complexity index is 4570. The smallest absolute Gasteiger partial charge is 0.164 e. The molecule has 0 saturated carbocycles. The molecule has 0 N–H and O–H groups in total. The fourth-order valence-corrected chi connectivity index (χ4v) is 10.6. The van der Waals surface area contributed by atoms with Gasteiger partial charge in [0.2, 0.25) is 0 Å². The fourth-order valence-electron chi connectivity index (χ4n) is 10.6. The summed E-state index contributed by atoms with van der Waals surface area (Å²) in [7, 11) is 0. The maximum Gasteiger partial charge on any atom is 0.164 e. The van der Waals surface area contributed by atoms with E-state index >= 15 is 0 Å². The number of nitrogens with zero attached hydrogens (tertiary/aromatic N) is 5. The van der Waals surface area contributed by atoms with E-state index in [-0.39, 0.29) is 0 Å². The standard InChI is InChI=1S/C61H35N5O2/c1-2-16-41(17-3-1)65-50-22-10-6-18-42(50)44-28-26-39(34-52(44)65)60-62-59(38-27-29-57-48(31-38)45-20-8-12-24-55(45)67-57)63-61(64-60)40-32-49-46-21-9-13-25-56(46)68-58(49)54(35-40)66-51-23-11-7-19-43(51)47-30-36-14-4-5-15-37(36)33-53(47)66/h1-35H. The first kappa shape index (κ1) is 36.9. The number of furan rings is 2. The second-order valence-electron chi connectivity index (χ2n) is 17.6. The summed E-state index contributed by atoms with van der Waals surface area (Å²) >= 11 is 0. The third-order valence-corrected chi connectivity index (χ3v) is 13.7. The van der Waals surface area contributed by atoms with Crippen LogP contribution in [0.5, 0.6) is 0 Å². The van der Waals surface area contributed by atoms with Crippen LogP contribution in [0, 0.1) is 0 Å². The molecule has 15 aromatic rings.